The van der Waals surface area contributed by atoms with Crippen LogP contribution in [0.15, 0.2) is 18.2 Å². The number of benzene rings is 1. The second-order valence-corrected chi connectivity index (χ2v) is 3.99. The van der Waals surface area contributed by atoms with Crippen molar-refractivity contribution in [3.63, 3.8) is 0 Å². The molecule has 0 radical (unpaired) electrons. The molecular formula is C12H17NO2. The smallest absolute Gasteiger partial charge is 0.161 e. The van der Waals surface area contributed by atoms with Crippen LogP contribution in [0.2, 0.25) is 0 Å². The Kier molecular flexibility index (Phi) is 3.11. The topological polar surface area (TPSA) is 44.5 Å². The van der Waals surface area contributed by atoms with Crippen LogP contribution in [0.1, 0.15) is 18.9 Å². The maximum absolute atomic E-state index is 5.72. The number of ether oxygens (including phenoxy) is 2. The summed E-state index contributed by atoms with van der Waals surface area (Å²) >= 11 is 0. The molecule has 3 nitrogen and oxygen atoms in total. The van der Waals surface area contributed by atoms with E-state index in [0.717, 1.165) is 24.3 Å². The molecule has 3 heteroatoms. The largest absolute Gasteiger partial charge is 0.486 e. The van der Waals surface area contributed by atoms with Gasteiger partial charge in [-0.15, -0.1) is 0 Å². The molecule has 0 saturated heterocycles. The van der Waals surface area contributed by atoms with E-state index in [-0.39, 0.29) is 6.04 Å². The number of nitrogens with two attached hydrogens (primary N) is 1. The molecule has 0 aromatic heterocycles. The molecule has 0 amide bonds. The Labute approximate surface area is 90.2 Å². The van der Waals surface area contributed by atoms with Crippen molar-refractivity contribution in [1.29, 1.82) is 0 Å². The van der Waals surface area contributed by atoms with Crippen molar-refractivity contribution in [2.24, 2.45) is 5.73 Å². The highest BCUT2D eigenvalue weighted by Gasteiger charge is 2.11. The molecule has 0 saturated carbocycles. The molecule has 2 rings (SSSR count). The van der Waals surface area contributed by atoms with Crippen molar-refractivity contribution in [3.05, 3.63) is 23.8 Å². The summed E-state index contributed by atoms with van der Waals surface area (Å²) in [7, 11) is 0. The summed E-state index contributed by atoms with van der Waals surface area (Å²) in [4.78, 5) is 0. The molecule has 0 aliphatic carbocycles. The summed E-state index contributed by atoms with van der Waals surface area (Å²) in [5.41, 5.74) is 6.98. The van der Waals surface area contributed by atoms with Gasteiger partial charge >= 0.3 is 0 Å². The highest BCUT2D eigenvalue weighted by Crippen LogP contribution is 2.31. The van der Waals surface area contributed by atoms with E-state index in [2.05, 4.69) is 12.1 Å². The van der Waals surface area contributed by atoms with Crippen LogP contribution in [-0.4, -0.2) is 19.3 Å². The predicted octanol–water partition coefficient (Wildman–Crippen LogP) is 1.74. The lowest BCUT2D eigenvalue weighted by molar-refractivity contribution is 0.171. The fourth-order valence-electron chi connectivity index (χ4n) is 1.64. The third kappa shape index (κ3) is 2.63. The van der Waals surface area contributed by atoms with E-state index in [9.17, 15) is 0 Å². The summed E-state index contributed by atoms with van der Waals surface area (Å²) in [6, 6.07) is 6.36. The van der Waals surface area contributed by atoms with Gasteiger partial charge in [0.15, 0.2) is 11.5 Å². The van der Waals surface area contributed by atoms with Crippen molar-refractivity contribution in [2.75, 3.05) is 13.2 Å². The van der Waals surface area contributed by atoms with Crippen LogP contribution in [-0.2, 0) is 6.42 Å². The summed E-state index contributed by atoms with van der Waals surface area (Å²) in [6.07, 6.45) is 1.99. The zero-order valence-corrected chi connectivity index (χ0v) is 9.03. The van der Waals surface area contributed by atoms with E-state index in [1.165, 1.54) is 5.56 Å². The summed E-state index contributed by atoms with van der Waals surface area (Å²) < 4.78 is 11.0. The Morgan fingerprint density at radius 2 is 2.00 bits per heavy atom. The van der Waals surface area contributed by atoms with E-state index in [0.29, 0.717) is 13.2 Å². The van der Waals surface area contributed by atoms with Crippen molar-refractivity contribution < 1.29 is 9.47 Å². The Hall–Kier alpha value is -1.22. The SMILES string of the molecule is C[C@@H](N)CCc1ccc2c(c1)OCCO2. The Balaban J connectivity index is 2.07. The van der Waals surface area contributed by atoms with Crippen molar-refractivity contribution in [1.82, 2.24) is 0 Å². The Bertz CT molecular complexity index is 336. The van der Waals surface area contributed by atoms with Gasteiger partial charge in [-0.05, 0) is 37.5 Å². The minimum Gasteiger partial charge on any atom is -0.486 e. The van der Waals surface area contributed by atoms with Gasteiger partial charge in [-0.1, -0.05) is 6.07 Å². The van der Waals surface area contributed by atoms with Crippen molar-refractivity contribution in [2.45, 2.75) is 25.8 Å². The second-order valence-electron chi connectivity index (χ2n) is 3.99. The normalized spacial score (nSPS) is 16.1. The molecule has 0 spiro atoms. The first kappa shape index (κ1) is 10.3. The monoisotopic (exact) mass is 207 g/mol. The third-order valence-corrected chi connectivity index (χ3v) is 2.49. The van der Waals surface area contributed by atoms with Gasteiger partial charge in [0, 0.05) is 6.04 Å². The van der Waals surface area contributed by atoms with Crippen LogP contribution < -0.4 is 15.2 Å². The zero-order chi connectivity index (χ0) is 10.7. The molecule has 15 heavy (non-hydrogen) atoms. The molecule has 1 aliphatic heterocycles. The zero-order valence-electron chi connectivity index (χ0n) is 9.03. The van der Waals surface area contributed by atoms with Gasteiger partial charge < -0.3 is 15.2 Å². The molecule has 82 valence electrons. The lowest BCUT2D eigenvalue weighted by Gasteiger charge is -2.19. The van der Waals surface area contributed by atoms with Gasteiger partial charge in [-0.25, -0.2) is 0 Å². The summed E-state index contributed by atoms with van der Waals surface area (Å²) in [6.45, 7) is 3.31. The lowest BCUT2D eigenvalue weighted by atomic mass is 10.1. The number of hydrogen-bond acceptors (Lipinski definition) is 3. The van der Waals surface area contributed by atoms with E-state index in [1.807, 2.05) is 13.0 Å². The van der Waals surface area contributed by atoms with Crippen molar-refractivity contribution in [3.8, 4) is 11.5 Å². The third-order valence-electron chi connectivity index (χ3n) is 2.49. The van der Waals surface area contributed by atoms with Crippen LogP contribution in [0, 0.1) is 0 Å². The number of aryl methyl sites for hydroxylation is 1. The first-order valence-corrected chi connectivity index (χ1v) is 5.40. The molecule has 0 bridgehead atoms. The molecule has 1 aromatic carbocycles. The Morgan fingerprint density at radius 3 is 2.73 bits per heavy atom. The molecule has 1 atom stereocenters. The average Bonchev–Trinajstić information content (AvgIpc) is 2.26. The molecule has 1 heterocycles. The maximum Gasteiger partial charge on any atom is 0.161 e. The quantitative estimate of drug-likeness (QED) is 0.821. The van der Waals surface area contributed by atoms with Gasteiger partial charge in [0.1, 0.15) is 13.2 Å². The standard InChI is InChI=1S/C12H17NO2/c1-9(13)2-3-10-4-5-11-12(8-10)15-7-6-14-11/h4-5,8-9H,2-3,6-7,13H2,1H3/t9-/m1/s1. The minimum atomic E-state index is 0.248. The van der Waals surface area contributed by atoms with Gasteiger partial charge in [-0.3, -0.25) is 0 Å². The summed E-state index contributed by atoms with van der Waals surface area (Å²) in [5, 5.41) is 0. The highest BCUT2D eigenvalue weighted by molar-refractivity contribution is 5.43. The molecule has 1 aromatic rings. The van der Waals surface area contributed by atoms with Crippen LogP contribution in [0.4, 0.5) is 0 Å². The Morgan fingerprint density at radius 1 is 1.27 bits per heavy atom. The predicted molar refractivity (Wildman–Crippen MR) is 59.4 cm³/mol. The highest BCUT2D eigenvalue weighted by atomic mass is 16.6. The maximum atomic E-state index is 5.72. The van der Waals surface area contributed by atoms with E-state index in [1.54, 1.807) is 0 Å². The molecule has 1 aliphatic rings. The van der Waals surface area contributed by atoms with Crippen LogP contribution in [0.25, 0.3) is 0 Å². The van der Waals surface area contributed by atoms with E-state index >= 15 is 0 Å². The van der Waals surface area contributed by atoms with E-state index in [4.69, 9.17) is 15.2 Å². The first-order valence-electron chi connectivity index (χ1n) is 5.40. The molecule has 2 N–H and O–H groups in total. The number of rotatable bonds is 3. The van der Waals surface area contributed by atoms with Crippen LogP contribution >= 0.6 is 0 Å². The molecule has 0 unspecified atom stereocenters. The van der Waals surface area contributed by atoms with Gasteiger partial charge in [0.2, 0.25) is 0 Å². The second kappa shape index (κ2) is 4.53. The first-order chi connectivity index (χ1) is 7.25. The van der Waals surface area contributed by atoms with Gasteiger partial charge in [0.05, 0.1) is 0 Å². The number of fused-ring (bicyclic) bond motifs is 1. The minimum absolute atomic E-state index is 0.248. The van der Waals surface area contributed by atoms with Gasteiger partial charge in [0.25, 0.3) is 0 Å². The fraction of sp³-hybridized carbons (Fsp3) is 0.500. The van der Waals surface area contributed by atoms with Crippen LogP contribution in [0.3, 0.4) is 0 Å². The lowest BCUT2D eigenvalue weighted by Crippen LogP contribution is -2.16. The van der Waals surface area contributed by atoms with Crippen molar-refractivity contribution >= 4 is 0 Å². The van der Waals surface area contributed by atoms with Gasteiger partial charge in [-0.2, -0.15) is 0 Å². The van der Waals surface area contributed by atoms with Crippen LogP contribution in [0.5, 0.6) is 11.5 Å². The molecule has 0 fully saturated rings. The molecular weight excluding hydrogens is 190 g/mol. The summed E-state index contributed by atoms with van der Waals surface area (Å²) in [5.74, 6) is 1.72. The van der Waals surface area contributed by atoms with E-state index < -0.39 is 0 Å². The average molecular weight is 207 g/mol. The number of hydrogen-bond donors (Lipinski definition) is 1. The fourth-order valence-corrected chi connectivity index (χ4v) is 1.64.